The Morgan fingerprint density at radius 1 is 0.474 bits per heavy atom. The van der Waals surface area contributed by atoms with Crippen LogP contribution in [-0.2, 0) is 12.3 Å². The summed E-state index contributed by atoms with van der Waals surface area (Å²) in [5.74, 6) is 0. The van der Waals surface area contributed by atoms with Gasteiger partial charge in [0, 0.05) is 0 Å². The first-order valence-corrected chi connectivity index (χ1v) is 15.8. The van der Waals surface area contributed by atoms with Gasteiger partial charge < -0.3 is 12.3 Å². The second-order valence-electron chi connectivity index (χ2n) is 5.01. The maximum absolute atomic E-state index is 6.32. The molecule has 0 saturated carbocycles. The highest BCUT2D eigenvalue weighted by Gasteiger charge is 2.26. The van der Waals surface area contributed by atoms with Gasteiger partial charge in [0.25, 0.3) is 0 Å². The molecule has 0 aliphatic rings. The number of rotatable bonds is 12. The summed E-state index contributed by atoms with van der Waals surface area (Å²) in [6, 6.07) is 7.18. The van der Waals surface area contributed by atoms with Gasteiger partial charge >= 0.3 is 9.53 Å². The highest BCUT2D eigenvalue weighted by atomic mass is 28.5. The van der Waals surface area contributed by atoms with Gasteiger partial charge in [-0.15, -0.1) is 0 Å². The van der Waals surface area contributed by atoms with Gasteiger partial charge in [-0.05, 0) is 36.3 Å². The van der Waals surface area contributed by atoms with Crippen LogP contribution in [-0.4, -0.2) is 36.6 Å². The van der Waals surface area contributed by atoms with Crippen LogP contribution in [0.5, 0.6) is 0 Å². The van der Waals surface area contributed by atoms with E-state index in [0.29, 0.717) is 0 Å². The molecule has 0 aromatic rings. The van der Waals surface area contributed by atoms with E-state index in [4.69, 9.17) is 12.3 Å². The third-order valence-corrected chi connectivity index (χ3v) is 16.4. The molecule has 0 aromatic carbocycles. The van der Waals surface area contributed by atoms with Crippen LogP contribution in [0.2, 0.25) is 36.3 Å². The first-order valence-electron chi connectivity index (χ1n) is 8.11. The van der Waals surface area contributed by atoms with Crippen molar-refractivity contribution < 1.29 is 12.3 Å². The van der Waals surface area contributed by atoms with Crippen molar-refractivity contribution in [3.63, 3.8) is 0 Å². The van der Waals surface area contributed by atoms with E-state index in [0.717, 1.165) is 0 Å². The van der Waals surface area contributed by atoms with E-state index in [1.54, 1.807) is 0 Å². The highest BCUT2D eigenvalue weighted by Crippen LogP contribution is 2.12. The summed E-state index contributed by atoms with van der Waals surface area (Å²) in [5, 5.41) is 0. The zero-order valence-corrected chi connectivity index (χ0v) is 18.4. The summed E-state index contributed by atoms with van der Waals surface area (Å²) in [5.41, 5.74) is 0. The van der Waals surface area contributed by atoms with Crippen LogP contribution in [0.1, 0.15) is 41.5 Å². The molecule has 3 nitrogen and oxygen atoms in total. The van der Waals surface area contributed by atoms with Crippen LogP contribution >= 0.6 is 0 Å². The molecule has 0 spiro atoms. The van der Waals surface area contributed by atoms with Crippen molar-refractivity contribution >= 4 is 36.6 Å². The van der Waals surface area contributed by atoms with Crippen LogP contribution < -0.4 is 0 Å². The first kappa shape index (κ1) is 19.7. The Bertz CT molecular complexity index is 164. The van der Waals surface area contributed by atoms with Crippen molar-refractivity contribution in [2.24, 2.45) is 0 Å². The number of hydrogen-bond donors (Lipinski definition) is 0. The molecule has 7 heteroatoms. The molecule has 0 atom stereocenters. The predicted molar refractivity (Wildman–Crippen MR) is 94.7 cm³/mol. The van der Waals surface area contributed by atoms with E-state index < -0.39 is 36.6 Å². The quantitative estimate of drug-likeness (QED) is 0.512. The molecule has 116 valence electrons. The first-order chi connectivity index (χ1) is 9.14. The van der Waals surface area contributed by atoms with Crippen LogP contribution in [0, 0.1) is 0 Å². The Balaban J connectivity index is 4.51. The van der Waals surface area contributed by atoms with E-state index in [2.05, 4.69) is 41.5 Å². The molecular formula is C12H34O3Si4. The summed E-state index contributed by atoms with van der Waals surface area (Å²) >= 11 is 0. The monoisotopic (exact) mass is 338 g/mol. The fraction of sp³-hybridized carbons (Fsp3) is 1.00. The molecule has 0 rings (SSSR count). The van der Waals surface area contributed by atoms with E-state index in [1.807, 2.05) is 0 Å². The van der Waals surface area contributed by atoms with Gasteiger partial charge in [-0.25, -0.2) is 0 Å². The van der Waals surface area contributed by atoms with Crippen molar-refractivity contribution in [2.45, 2.75) is 77.8 Å². The lowest BCUT2D eigenvalue weighted by Gasteiger charge is -2.28. The molecule has 0 heterocycles. The minimum atomic E-state index is -1.83. The lowest BCUT2D eigenvalue weighted by molar-refractivity contribution is 0.309. The molecule has 0 N–H and O–H groups in total. The van der Waals surface area contributed by atoms with Crippen LogP contribution in [0.3, 0.4) is 0 Å². The number of hydrogen-bond acceptors (Lipinski definition) is 3. The topological polar surface area (TPSA) is 27.7 Å². The molecule has 0 radical (unpaired) electrons. The van der Waals surface area contributed by atoms with Gasteiger partial charge in [0.15, 0.2) is 27.1 Å². The molecule has 19 heavy (non-hydrogen) atoms. The summed E-state index contributed by atoms with van der Waals surface area (Å²) in [4.78, 5) is 0. The summed E-state index contributed by atoms with van der Waals surface area (Å²) in [7, 11) is -5.00. The standard InChI is InChI=1S/C12H34O3Si4/c1-7-16(8-2)13-19(14-17(9-3)10-4)15-18(11-5)12-6/h16-19H,7-12H2,1-6H3. The molecule has 0 fully saturated rings. The average molecular weight is 339 g/mol. The lowest BCUT2D eigenvalue weighted by atomic mass is 11.0. The second kappa shape index (κ2) is 12.5. The fourth-order valence-corrected chi connectivity index (χ4v) is 14.6. The maximum Gasteiger partial charge on any atom is 0.452 e. The third kappa shape index (κ3) is 8.59. The van der Waals surface area contributed by atoms with Crippen LogP contribution in [0.4, 0.5) is 0 Å². The fourth-order valence-electron chi connectivity index (χ4n) is 2.01. The largest absolute Gasteiger partial charge is 0.452 e. The minimum absolute atomic E-state index is 1.06. The molecule has 0 aliphatic carbocycles. The van der Waals surface area contributed by atoms with Crippen molar-refractivity contribution in [3.8, 4) is 0 Å². The Morgan fingerprint density at radius 3 is 0.842 bits per heavy atom. The zero-order valence-electron chi connectivity index (χ0n) is 13.8. The molecule has 0 amide bonds. The van der Waals surface area contributed by atoms with E-state index >= 15 is 0 Å². The van der Waals surface area contributed by atoms with Crippen LogP contribution in [0.15, 0.2) is 0 Å². The summed E-state index contributed by atoms with van der Waals surface area (Å²) in [6.07, 6.45) is 0. The molecule has 0 bridgehead atoms. The molecule has 0 saturated heterocycles. The molecule has 0 unspecified atom stereocenters. The van der Waals surface area contributed by atoms with Crippen molar-refractivity contribution in [1.29, 1.82) is 0 Å². The third-order valence-electron chi connectivity index (χ3n) is 3.64. The van der Waals surface area contributed by atoms with Gasteiger partial charge in [-0.1, -0.05) is 41.5 Å². The highest BCUT2D eigenvalue weighted by molar-refractivity contribution is 6.70. The minimum Gasteiger partial charge on any atom is -0.421 e. The van der Waals surface area contributed by atoms with Crippen molar-refractivity contribution in [1.82, 2.24) is 0 Å². The molecule has 0 aliphatic heterocycles. The van der Waals surface area contributed by atoms with Gasteiger partial charge in [-0.3, -0.25) is 0 Å². The molecule has 0 aromatic heterocycles. The van der Waals surface area contributed by atoms with E-state index in [1.165, 1.54) is 36.3 Å². The SMILES string of the molecule is CC[SiH](CC)O[SiH](O[SiH](CC)CC)O[SiH](CC)CC. The Morgan fingerprint density at radius 2 is 0.684 bits per heavy atom. The van der Waals surface area contributed by atoms with Crippen LogP contribution in [0.25, 0.3) is 0 Å². The van der Waals surface area contributed by atoms with E-state index in [9.17, 15) is 0 Å². The lowest BCUT2D eigenvalue weighted by Crippen LogP contribution is -2.42. The smallest absolute Gasteiger partial charge is 0.421 e. The van der Waals surface area contributed by atoms with Crippen molar-refractivity contribution in [2.75, 3.05) is 0 Å². The van der Waals surface area contributed by atoms with Gasteiger partial charge in [0.2, 0.25) is 0 Å². The maximum atomic E-state index is 6.32. The van der Waals surface area contributed by atoms with Gasteiger partial charge in [0.1, 0.15) is 0 Å². The normalized spacial score (nSPS) is 12.3. The summed E-state index contributed by atoms with van der Waals surface area (Å²) < 4.78 is 19.0. The van der Waals surface area contributed by atoms with Crippen molar-refractivity contribution in [3.05, 3.63) is 0 Å². The van der Waals surface area contributed by atoms with E-state index in [-0.39, 0.29) is 0 Å². The molecular weight excluding hydrogens is 304 g/mol. The average Bonchev–Trinajstić information content (AvgIpc) is 2.46. The Hall–Kier alpha value is 0.748. The predicted octanol–water partition coefficient (Wildman–Crippen LogP) is 3.04. The second-order valence-corrected chi connectivity index (χ2v) is 17.5. The van der Waals surface area contributed by atoms with Gasteiger partial charge in [0.05, 0.1) is 0 Å². The zero-order chi connectivity index (χ0) is 14.7. The summed E-state index contributed by atoms with van der Waals surface area (Å²) in [6.45, 7) is 13.5. The van der Waals surface area contributed by atoms with Gasteiger partial charge in [-0.2, -0.15) is 0 Å². The Kier molecular flexibility index (Phi) is 13.0. The Labute approximate surface area is 127 Å².